The highest BCUT2D eigenvalue weighted by atomic mass is 16.2. The first-order valence-corrected chi connectivity index (χ1v) is 8.17. The number of nitrogens with one attached hydrogen (secondary N) is 1. The van der Waals surface area contributed by atoms with Gasteiger partial charge in [0, 0.05) is 7.05 Å². The number of anilines is 1. The number of aromatic nitrogens is 2. The van der Waals surface area contributed by atoms with E-state index in [1.165, 1.54) is 0 Å². The highest BCUT2D eigenvalue weighted by molar-refractivity contribution is 5.92. The fraction of sp³-hybridized carbons (Fsp3) is 0.200. The molecule has 0 aliphatic heterocycles. The molecule has 1 heterocycles. The first-order valence-electron chi connectivity index (χ1n) is 8.17. The van der Waals surface area contributed by atoms with Crippen LogP contribution in [0, 0.1) is 13.8 Å². The Balaban J connectivity index is 1.88. The Bertz CT molecular complexity index is 968. The summed E-state index contributed by atoms with van der Waals surface area (Å²) in [6, 6.07) is 17.2. The highest BCUT2D eigenvalue weighted by Crippen LogP contribution is 2.14. The number of hydrogen-bond donors (Lipinski definition) is 1. The Kier molecular flexibility index (Phi) is 4.57. The molecule has 0 radical (unpaired) electrons. The van der Waals surface area contributed by atoms with Gasteiger partial charge in [-0.15, -0.1) is 0 Å². The average molecular weight is 335 g/mol. The maximum atomic E-state index is 12.8. The van der Waals surface area contributed by atoms with Gasteiger partial charge in [-0.3, -0.25) is 14.3 Å². The molecule has 3 rings (SSSR count). The van der Waals surface area contributed by atoms with Crippen LogP contribution in [0.25, 0.3) is 5.69 Å². The monoisotopic (exact) mass is 335 g/mol. The largest absolute Gasteiger partial charge is 0.320 e. The van der Waals surface area contributed by atoms with Gasteiger partial charge < -0.3 is 5.32 Å². The molecule has 0 spiro atoms. The summed E-state index contributed by atoms with van der Waals surface area (Å²) in [6.45, 7) is 3.81. The van der Waals surface area contributed by atoms with Crippen molar-refractivity contribution in [3.8, 4) is 5.69 Å². The first kappa shape index (κ1) is 16.8. The maximum absolute atomic E-state index is 12.8. The van der Waals surface area contributed by atoms with Crippen molar-refractivity contribution >= 4 is 11.6 Å². The molecule has 5 nitrogen and oxygen atoms in total. The molecule has 0 aliphatic carbocycles. The van der Waals surface area contributed by atoms with E-state index in [1.54, 1.807) is 16.4 Å². The third kappa shape index (κ3) is 3.40. The summed E-state index contributed by atoms with van der Waals surface area (Å²) in [5.41, 5.74) is 3.60. The van der Waals surface area contributed by atoms with Gasteiger partial charge in [0.25, 0.3) is 5.56 Å². The molecule has 0 bridgehead atoms. The SMILES string of the molecule is Cc1cccc(CC(=O)Nc2c(C)n(C)n(-c3ccccc3)c2=O)c1. The van der Waals surface area contributed by atoms with Gasteiger partial charge in [0.05, 0.1) is 17.8 Å². The number of benzene rings is 2. The Labute approximate surface area is 146 Å². The second-order valence-corrected chi connectivity index (χ2v) is 6.15. The summed E-state index contributed by atoms with van der Waals surface area (Å²) in [7, 11) is 1.81. The van der Waals surface area contributed by atoms with E-state index < -0.39 is 0 Å². The molecule has 128 valence electrons. The Morgan fingerprint density at radius 3 is 2.44 bits per heavy atom. The summed E-state index contributed by atoms with van der Waals surface area (Å²) in [4.78, 5) is 25.2. The lowest BCUT2D eigenvalue weighted by molar-refractivity contribution is -0.115. The fourth-order valence-corrected chi connectivity index (χ4v) is 2.90. The number of nitrogens with zero attached hydrogens (tertiary/aromatic N) is 2. The molecule has 5 heteroatoms. The Hall–Kier alpha value is -3.08. The molecular formula is C20H21N3O2. The highest BCUT2D eigenvalue weighted by Gasteiger charge is 2.18. The van der Waals surface area contributed by atoms with Crippen molar-refractivity contribution < 1.29 is 4.79 Å². The van der Waals surface area contributed by atoms with Crippen LogP contribution in [-0.4, -0.2) is 15.3 Å². The fourth-order valence-electron chi connectivity index (χ4n) is 2.90. The number of carbonyl (C=O) groups excluding carboxylic acids is 1. The number of carbonyl (C=O) groups is 1. The van der Waals surface area contributed by atoms with E-state index in [9.17, 15) is 9.59 Å². The van der Waals surface area contributed by atoms with Crippen LogP contribution in [0.1, 0.15) is 16.8 Å². The van der Waals surface area contributed by atoms with Crippen LogP contribution in [0.2, 0.25) is 0 Å². The van der Waals surface area contributed by atoms with Crippen LogP contribution < -0.4 is 10.9 Å². The molecule has 0 saturated carbocycles. The van der Waals surface area contributed by atoms with Crippen LogP contribution in [0.5, 0.6) is 0 Å². The second kappa shape index (κ2) is 6.81. The van der Waals surface area contributed by atoms with E-state index in [1.807, 2.05) is 68.4 Å². The summed E-state index contributed by atoms with van der Waals surface area (Å²) >= 11 is 0. The van der Waals surface area contributed by atoms with E-state index in [0.717, 1.165) is 16.8 Å². The molecule has 2 aromatic carbocycles. The molecule has 0 unspecified atom stereocenters. The lowest BCUT2D eigenvalue weighted by atomic mass is 10.1. The second-order valence-electron chi connectivity index (χ2n) is 6.15. The summed E-state index contributed by atoms with van der Waals surface area (Å²) < 4.78 is 3.30. The van der Waals surface area contributed by atoms with Crippen LogP contribution >= 0.6 is 0 Å². The van der Waals surface area contributed by atoms with Crippen molar-refractivity contribution in [2.24, 2.45) is 7.05 Å². The predicted molar refractivity (Wildman–Crippen MR) is 99.3 cm³/mol. The van der Waals surface area contributed by atoms with E-state index in [4.69, 9.17) is 0 Å². The number of hydrogen-bond acceptors (Lipinski definition) is 2. The number of para-hydroxylation sites is 1. The third-order valence-corrected chi connectivity index (χ3v) is 4.27. The van der Waals surface area contributed by atoms with Crippen molar-refractivity contribution in [3.63, 3.8) is 0 Å². The van der Waals surface area contributed by atoms with Gasteiger partial charge in [0.15, 0.2) is 0 Å². The molecule has 25 heavy (non-hydrogen) atoms. The van der Waals surface area contributed by atoms with Gasteiger partial charge >= 0.3 is 0 Å². The van der Waals surface area contributed by atoms with Gasteiger partial charge in [-0.05, 0) is 31.5 Å². The molecule has 1 amide bonds. The topological polar surface area (TPSA) is 56.0 Å². The minimum absolute atomic E-state index is 0.198. The molecule has 1 N–H and O–H groups in total. The zero-order valence-corrected chi connectivity index (χ0v) is 14.6. The Morgan fingerprint density at radius 2 is 1.76 bits per heavy atom. The quantitative estimate of drug-likeness (QED) is 0.797. The maximum Gasteiger partial charge on any atom is 0.295 e. The van der Waals surface area contributed by atoms with Crippen LogP contribution in [0.4, 0.5) is 5.69 Å². The van der Waals surface area contributed by atoms with Crippen LogP contribution in [0.15, 0.2) is 59.4 Å². The van der Waals surface area contributed by atoms with Crippen molar-refractivity contribution in [2.75, 3.05) is 5.32 Å². The van der Waals surface area contributed by atoms with Crippen molar-refractivity contribution in [1.29, 1.82) is 0 Å². The van der Waals surface area contributed by atoms with Crippen molar-refractivity contribution in [2.45, 2.75) is 20.3 Å². The summed E-state index contributed by atoms with van der Waals surface area (Å²) in [6.07, 6.45) is 0.237. The van der Waals surface area contributed by atoms with Crippen LogP contribution in [0.3, 0.4) is 0 Å². The van der Waals surface area contributed by atoms with E-state index in [-0.39, 0.29) is 17.9 Å². The third-order valence-electron chi connectivity index (χ3n) is 4.27. The lowest BCUT2D eigenvalue weighted by Gasteiger charge is -2.07. The van der Waals surface area contributed by atoms with Crippen molar-refractivity contribution in [1.82, 2.24) is 9.36 Å². The van der Waals surface area contributed by atoms with Gasteiger partial charge in [-0.25, -0.2) is 4.68 Å². The number of amides is 1. The van der Waals surface area contributed by atoms with Gasteiger partial charge in [-0.2, -0.15) is 0 Å². The molecule has 1 aromatic heterocycles. The molecule has 0 saturated heterocycles. The van der Waals surface area contributed by atoms with Gasteiger partial charge in [0.1, 0.15) is 5.69 Å². The summed E-state index contributed by atoms with van der Waals surface area (Å²) in [5.74, 6) is -0.198. The lowest BCUT2D eigenvalue weighted by Crippen LogP contribution is -2.23. The molecular weight excluding hydrogens is 314 g/mol. The van der Waals surface area contributed by atoms with E-state index in [0.29, 0.717) is 11.4 Å². The molecule has 0 aliphatic rings. The van der Waals surface area contributed by atoms with E-state index in [2.05, 4.69) is 5.32 Å². The first-order chi connectivity index (χ1) is 12.0. The minimum atomic E-state index is -0.233. The van der Waals surface area contributed by atoms with Crippen molar-refractivity contribution in [3.05, 3.63) is 81.8 Å². The van der Waals surface area contributed by atoms with Crippen LogP contribution in [-0.2, 0) is 18.3 Å². The summed E-state index contributed by atoms with van der Waals surface area (Å²) in [5, 5.41) is 2.78. The van der Waals surface area contributed by atoms with E-state index >= 15 is 0 Å². The molecule has 3 aromatic rings. The number of rotatable bonds is 4. The standard InChI is InChI=1S/C20H21N3O2/c1-14-8-7-9-16(12-14)13-18(24)21-19-15(2)22(3)23(20(19)25)17-10-5-4-6-11-17/h4-12H,13H2,1-3H3,(H,21,24). The van der Waals surface area contributed by atoms with Gasteiger partial charge in [0.2, 0.25) is 5.91 Å². The normalized spacial score (nSPS) is 10.7. The predicted octanol–water partition coefficient (Wildman–Crippen LogP) is 2.97. The Morgan fingerprint density at radius 1 is 1.04 bits per heavy atom. The zero-order chi connectivity index (χ0) is 18.0. The minimum Gasteiger partial charge on any atom is -0.320 e. The smallest absolute Gasteiger partial charge is 0.295 e. The zero-order valence-electron chi connectivity index (χ0n) is 14.6. The molecule has 0 atom stereocenters. The molecule has 0 fully saturated rings. The van der Waals surface area contributed by atoms with Gasteiger partial charge in [-0.1, -0.05) is 48.0 Å². The average Bonchev–Trinajstić information content (AvgIpc) is 2.79. The number of aryl methyl sites for hydroxylation is 1.